The van der Waals surface area contributed by atoms with Crippen molar-refractivity contribution < 1.29 is 26.3 Å². The molecule has 0 aromatic heterocycles. The molecule has 0 aliphatic rings. The lowest BCUT2D eigenvalue weighted by atomic mass is 9.95. The maximum atomic E-state index is 12.7. The molecule has 0 saturated carbocycles. The Labute approximate surface area is 71.9 Å². The molecule has 0 aliphatic carbocycles. The lowest BCUT2D eigenvalue weighted by molar-refractivity contribution is -0.296. The van der Waals surface area contributed by atoms with Crippen molar-refractivity contribution in [2.24, 2.45) is 0 Å². The molecule has 0 aliphatic heterocycles. The van der Waals surface area contributed by atoms with Gasteiger partial charge in [0.2, 0.25) is 0 Å². The highest BCUT2D eigenvalue weighted by molar-refractivity contribution is 4.95. The van der Waals surface area contributed by atoms with Crippen molar-refractivity contribution in [3.05, 3.63) is 0 Å². The Morgan fingerprint density at radius 1 is 0.923 bits per heavy atom. The van der Waals surface area contributed by atoms with Gasteiger partial charge in [-0.25, -0.2) is 13.2 Å². The van der Waals surface area contributed by atoms with Gasteiger partial charge in [-0.05, 0) is 6.92 Å². The van der Waals surface area contributed by atoms with Crippen molar-refractivity contribution in [2.75, 3.05) is 0 Å². The molecule has 0 aromatic rings. The van der Waals surface area contributed by atoms with Gasteiger partial charge in [-0.2, -0.15) is 13.2 Å². The maximum Gasteiger partial charge on any atom is 0.428 e. The van der Waals surface area contributed by atoms with Crippen LogP contribution in [-0.4, -0.2) is 17.8 Å². The second kappa shape index (κ2) is 3.38. The molecule has 0 heterocycles. The minimum Gasteiger partial charge on any atom is -0.227 e. The van der Waals surface area contributed by atoms with Crippen LogP contribution >= 0.6 is 0 Å². The summed E-state index contributed by atoms with van der Waals surface area (Å²) in [4.78, 5) is 0. The van der Waals surface area contributed by atoms with Crippen LogP contribution in [0.2, 0.25) is 0 Å². The number of hydrogen-bond acceptors (Lipinski definition) is 0. The second-order valence-electron chi connectivity index (χ2n) is 2.96. The van der Waals surface area contributed by atoms with E-state index in [1.165, 1.54) is 6.92 Å². The molecule has 0 aromatic carbocycles. The minimum absolute atomic E-state index is 0.136. The van der Waals surface area contributed by atoms with E-state index in [-0.39, 0.29) is 13.3 Å². The van der Waals surface area contributed by atoms with Crippen molar-refractivity contribution in [1.82, 2.24) is 0 Å². The quantitative estimate of drug-likeness (QED) is 0.620. The molecule has 1 unspecified atom stereocenters. The molecular formula is C7H10F6. The van der Waals surface area contributed by atoms with Gasteiger partial charge in [0.05, 0.1) is 0 Å². The van der Waals surface area contributed by atoms with E-state index in [1.807, 2.05) is 0 Å². The van der Waals surface area contributed by atoms with Gasteiger partial charge in [0.1, 0.15) is 0 Å². The molecule has 80 valence electrons. The Bertz CT molecular complexity index is 168. The van der Waals surface area contributed by atoms with Crippen molar-refractivity contribution in [3.63, 3.8) is 0 Å². The fourth-order valence-electron chi connectivity index (χ4n) is 0.756. The van der Waals surface area contributed by atoms with E-state index >= 15 is 0 Å². The lowest BCUT2D eigenvalue weighted by Crippen LogP contribution is -2.52. The summed E-state index contributed by atoms with van der Waals surface area (Å²) >= 11 is 0. The van der Waals surface area contributed by atoms with Crippen LogP contribution in [0.5, 0.6) is 0 Å². The minimum atomic E-state index is -5.54. The molecule has 0 fully saturated rings. The molecular weight excluding hydrogens is 198 g/mol. The van der Waals surface area contributed by atoms with E-state index in [0.29, 0.717) is 0 Å². The summed E-state index contributed by atoms with van der Waals surface area (Å²) in [6.45, 7) is 1.13. The predicted molar refractivity (Wildman–Crippen MR) is 35.4 cm³/mol. The highest BCUT2D eigenvalue weighted by atomic mass is 19.4. The Kier molecular flexibility index (Phi) is 3.27. The van der Waals surface area contributed by atoms with Gasteiger partial charge in [0.25, 0.3) is 11.6 Å². The Balaban J connectivity index is 4.81. The largest absolute Gasteiger partial charge is 0.428 e. The average molecular weight is 208 g/mol. The van der Waals surface area contributed by atoms with E-state index in [0.717, 1.165) is 0 Å². The van der Waals surface area contributed by atoms with E-state index in [9.17, 15) is 26.3 Å². The van der Waals surface area contributed by atoms with Crippen molar-refractivity contribution in [2.45, 2.75) is 44.5 Å². The van der Waals surface area contributed by atoms with Crippen LogP contribution in [0, 0.1) is 0 Å². The summed E-state index contributed by atoms with van der Waals surface area (Å²) in [7, 11) is 0. The summed E-state index contributed by atoms with van der Waals surface area (Å²) in [5, 5.41) is 0. The number of halogens is 6. The third-order valence-electron chi connectivity index (χ3n) is 1.78. The molecule has 0 N–H and O–H groups in total. The van der Waals surface area contributed by atoms with Crippen LogP contribution in [0.1, 0.15) is 26.7 Å². The Hall–Kier alpha value is -0.420. The Morgan fingerprint density at radius 3 is 1.54 bits per heavy atom. The molecule has 0 spiro atoms. The summed E-state index contributed by atoms with van der Waals surface area (Å²) in [6.07, 6.45) is -6.85. The van der Waals surface area contributed by atoms with Crippen LogP contribution in [-0.2, 0) is 0 Å². The molecule has 6 heteroatoms. The molecule has 1 atom stereocenters. The van der Waals surface area contributed by atoms with Gasteiger partial charge in [0, 0.05) is 6.42 Å². The Morgan fingerprint density at radius 2 is 1.31 bits per heavy atom. The van der Waals surface area contributed by atoms with E-state index in [4.69, 9.17) is 0 Å². The third-order valence-corrected chi connectivity index (χ3v) is 1.78. The van der Waals surface area contributed by atoms with Crippen molar-refractivity contribution in [1.29, 1.82) is 0 Å². The first kappa shape index (κ1) is 12.6. The van der Waals surface area contributed by atoms with Gasteiger partial charge < -0.3 is 0 Å². The lowest BCUT2D eigenvalue weighted by Gasteiger charge is -2.31. The van der Waals surface area contributed by atoms with Crippen LogP contribution in [0.3, 0.4) is 0 Å². The molecule has 0 rings (SSSR count). The van der Waals surface area contributed by atoms with Crippen LogP contribution in [0.4, 0.5) is 26.3 Å². The topological polar surface area (TPSA) is 0 Å². The van der Waals surface area contributed by atoms with Gasteiger partial charge in [-0.15, -0.1) is 0 Å². The predicted octanol–water partition coefficient (Wildman–Crippen LogP) is 3.71. The first-order valence-electron chi connectivity index (χ1n) is 3.69. The maximum absolute atomic E-state index is 12.7. The average Bonchev–Trinajstić information content (AvgIpc) is 1.84. The van der Waals surface area contributed by atoms with E-state index in [2.05, 4.69) is 0 Å². The zero-order valence-electron chi connectivity index (χ0n) is 7.18. The van der Waals surface area contributed by atoms with Gasteiger partial charge in [-0.3, -0.25) is 0 Å². The molecule has 0 radical (unpaired) electrons. The molecule has 0 amide bonds. The van der Waals surface area contributed by atoms with Crippen LogP contribution < -0.4 is 0 Å². The summed E-state index contributed by atoms with van der Waals surface area (Å²) in [5.74, 6) is -4.36. The first-order chi connectivity index (χ1) is 5.56. The number of hydrogen-bond donors (Lipinski definition) is 0. The summed E-state index contributed by atoms with van der Waals surface area (Å²) < 4.78 is 73.3. The third kappa shape index (κ3) is 2.28. The van der Waals surface area contributed by atoms with E-state index < -0.39 is 24.2 Å². The second-order valence-corrected chi connectivity index (χ2v) is 2.96. The SMILES string of the molecule is CCCC(F)(F)C(C)(F)C(F)(F)F. The monoisotopic (exact) mass is 208 g/mol. The van der Waals surface area contributed by atoms with Gasteiger partial charge in [0.15, 0.2) is 0 Å². The van der Waals surface area contributed by atoms with Crippen molar-refractivity contribution >= 4 is 0 Å². The van der Waals surface area contributed by atoms with Crippen LogP contribution in [0.25, 0.3) is 0 Å². The fourth-order valence-corrected chi connectivity index (χ4v) is 0.756. The smallest absolute Gasteiger partial charge is 0.227 e. The highest BCUT2D eigenvalue weighted by Gasteiger charge is 2.66. The number of rotatable bonds is 3. The first-order valence-corrected chi connectivity index (χ1v) is 3.69. The normalized spacial score (nSPS) is 18.5. The fraction of sp³-hybridized carbons (Fsp3) is 1.00. The summed E-state index contributed by atoms with van der Waals surface area (Å²) in [5.41, 5.74) is -4.45. The van der Waals surface area contributed by atoms with Gasteiger partial charge in [-0.1, -0.05) is 13.3 Å². The number of alkyl halides is 6. The highest BCUT2D eigenvalue weighted by Crippen LogP contribution is 2.46. The molecule has 0 nitrogen and oxygen atoms in total. The standard InChI is InChI=1S/C7H10F6/c1-3-4-6(9,10)5(2,8)7(11,12)13/h3-4H2,1-2H3. The van der Waals surface area contributed by atoms with Crippen LogP contribution in [0.15, 0.2) is 0 Å². The summed E-state index contributed by atoms with van der Waals surface area (Å²) in [6, 6.07) is 0. The van der Waals surface area contributed by atoms with Crippen molar-refractivity contribution in [3.8, 4) is 0 Å². The van der Waals surface area contributed by atoms with Gasteiger partial charge >= 0.3 is 6.18 Å². The zero-order valence-corrected chi connectivity index (χ0v) is 7.18. The zero-order chi connectivity index (χ0) is 10.9. The molecule has 0 bridgehead atoms. The van der Waals surface area contributed by atoms with E-state index in [1.54, 1.807) is 0 Å². The molecule has 13 heavy (non-hydrogen) atoms. The molecule has 0 saturated heterocycles.